The van der Waals surface area contributed by atoms with Gasteiger partial charge in [0.05, 0.1) is 0 Å². The van der Waals surface area contributed by atoms with Crippen molar-refractivity contribution in [1.82, 2.24) is 0 Å². The summed E-state index contributed by atoms with van der Waals surface area (Å²) in [7, 11) is -3.44. The molecule has 134 valence electrons. The first-order valence-electron chi connectivity index (χ1n) is 8.50. The molecule has 0 fully saturated rings. The summed E-state index contributed by atoms with van der Waals surface area (Å²) in [5.41, 5.74) is 6.30. The van der Waals surface area contributed by atoms with E-state index in [-0.39, 0.29) is 4.90 Å². The SMILES string of the molecule is Cc1cc2ccc1OS2(=O)=O.Cc1cccc(Cc2cccc(C)c2)c1. The molecule has 0 saturated heterocycles. The predicted molar refractivity (Wildman–Crippen MR) is 104 cm³/mol. The van der Waals surface area contributed by atoms with Crippen LogP contribution in [0.2, 0.25) is 0 Å². The van der Waals surface area contributed by atoms with Gasteiger partial charge < -0.3 is 4.18 Å². The second-order valence-corrected chi connectivity index (χ2v) is 8.17. The lowest BCUT2D eigenvalue weighted by Gasteiger charge is -2.15. The van der Waals surface area contributed by atoms with Crippen molar-refractivity contribution in [3.8, 4) is 5.75 Å². The van der Waals surface area contributed by atoms with E-state index >= 15 is 0 Å². The Balaban J connectivity index is 0.000000158. The van der Waals surface area contributed by atoms with E-state index in [1.165, 1.54) is 22.3 Å². The van der Waals surface area contributed by atoms with Gasteiger partial charge in [-0.3, -0.25) is 0 Å². The Bertz CT molecular complexity index is 993. The van der Waals surface area contributed by atoms with E-state index in [2.05, 4.69) is 66.6 Å². The smallest absolute Gasteiger partial charge is 0.339 e. The van der Waals surface area contributed by atoms with Crippen LogP contribution in [0.15, 0.2) is 71.6 Å². The topological polar surface area (TPSA) is 43.4 Å². The van der Waals surface area contributed by atoms with Crippen LogP contribution in [0, 0.1) is 20.8 Å². The highest BCUT2D eigenvalue weighted by atomic mass is 32.2. The third kappa shape index (κ3) is 4.33. The fourth-order valence-corrected chi connectivity index (χ4v) is 3.99. The molecule has 0 radical (unpaired) electrons. The quantitative estimate of drug-likeness (QED) is 0.601. The third-order valence-corrected chi connectivity index (χ3v) is 5.44. The molecule has 5 rings (SSSR count). The van der Waals surface area contributed by atoms with Gasteiger partial charge in [-0.05, 0) is 62.1 Å². The highest BCUT2D eigenvalue weighted by molar-refractivity contribution is 7.87. The molecule has 3 aromatic carbocycles. The van der Waals surface area contributed by atoms with Gasteiger partial charge in [0.2, 0.25) is 0 Å². The zero-order valence-corrected chi connectivity index (χ0v) is 16.0. The summed E-state index contributed by atoms with van der Waals surface area (Å²) in [6.45, 7) is 6.09. The van der Waals surface area contributed by atoms with Gasteiger partial charge in [-0.1, -0.05) is 59.7 Å². The van der Waals surface area contributed by atoms with Gasteiger partial charge in [0, 0.05) is 0 Å². The Morgan fingerprint density at radius 1 is 0.769 bits per heavy atom. The summed E-state index contributed by atoms with van der Waals surface area (Å²) < 4.78 is 26.7. The normalized spacial score (nSPS) is 13.5. The average molecular weight is 366 g/mol. The van der Waals surface area contributed by atoms with E-state index in [0.717, 1.165) is 12.0 Å². The molecule has 2 heterocycles. The zero-order chi connectivity index (χ0) is 18.7. The van der Waals surface area contributed by atoms with Gasteiger partial charge in [-0.25, -0.2) is 0 Å². The lowest BCUT2D eigenvalue weighted by atomic mass is 10.0. The minimum Gasteiger partial charge on any atom is -0.379 e. The Hall–Kier alpha value is -2.59. The van der Waals surface area contributed by atoms with Gasteiger partial charge in [0.15, 0.2) is 0 Å². The van der Waals surface area contributed by atoms with Crippen LogP contribution >= 0.6 is 0 Å². The molecule has 0 amide bonds. The summed E-state index contributed by atoms with van der Waals surface area (Å²) in [4.78, 5) is 0.241. The van der Waals surface area contributed by atoms with Crippen LogP contribution in [-0.2, 0) is 16.5 Å². The molecule has 0 aliphatic carbocycles. The van der Waals surface area contributed by atoms with Crippen molar-refractivity contribution < 1.29 is 12.6 Å². The number of aryl methyl sites for hydroxylation is 3. The zero-order valence-electron chi connectivity index (χ0n) is 15.2. The summed E-state index contributed by atoms with van der Waals surface area (Å²) in [6, 6.07) is 22.2. The molecular formula is C22H22O3S. The molecule has 4 heteroatoms. The Kier molecular flexibility index (Phi) is 5.14. The fourth-order valence-electron chi connectivity index (χ4n) is 2.92. The standard InChI is InChI=1S/C15H16.C7H6O3S/c1-12-5-3-7-14(9-12)11-15-8-4-6-13(2)10-15;1-5-4-6-2-3-7(5)10-11(6,8)9/h3-10H,11H2,1-2H3;2-4H,1H3. The fraction of sp³-hybridized carbons (Fsp3) is 0.182. The van der Waals surface area contributed by atoms with Crippen molar-refractivity contribution in [3.63, 3.8) is 0 Å². The molecule has 0 aromatic heterocycles. The molecular weight excluding hydrogens is 344 g/mol. The van der Waals surface area contributed by atoms with Crippen LogP contribution in [0.5, 0.6) is 5.75 Å². The molecule has 26 heavy (non-hydrogen) atoms. The Labute approximate surface area is 155 Å². The highest BCUT2D eigenvalue weighted by Gasteiger charge is 2.24. The second-order valence-electron chi connectivity index (χ2n) is 6.62. The van der Waals surface area contributed by atoms with Crippen LogP contribution in [-0.4, -0.2) is 8.42 Å². The monoisotopic (exact) mass is 366 g/mol. The predicted octanol–water partition coefficient (Wildman–Crippen LogP) is 4.97. The van der Waals surface area contributed by atoms with Crippen LogP contribution in [0.4, 0.5) is 0 Å². The minimum atomic E-state index is -3.44. The van der Waals surface area contributed by atoms with Gasteiger partial charge in [-0.2, -0.15) is 8.42 Å². The van der Waals surface area contributed by atoms with Crippen molar-refractivity contribution in [2.45, 2.75) is 32.1 Å². The third-order valence-electron chi connectivity index (χ3n) is 4.21. The molecule has 2 aliphatic rings. The summed E-state index contributed by atoms with van der Waals surface area (Å²) in [5.74, 6) is 0.431. The number of hydrogen-bond acceptors (Lipinski definition) is 3. The Morgan fingerprint density at radius 2 is 1.35 bits per heavy atom. The van der Waals surface area contributed by atoms with Crippen molar-refractivity contribution in [2.24, 2.45) is 0 Å². The van der Waals surface area contributed by atoms with Crippen LogP contribution in [0.3, 0.4) is 0 Å². The average Bonchev–Trinajstić information content (AvgIpc) is 2.56. The van der Waals surface area contributed by atoms with E-state index in [0.29, 0.717) is 5.75 Å². The first kappa shape index (κ1) is 18.2. The Morgan fingerprint density at radius 3 is 1.69 bits per heavy atom. The van der Waals surface area contributed by atoms with Crippen LogP contribution in [0.1, 0.15) is 27.8 Å². The first-order chi connectivity index (χ1) is 12.3. The maximum atomic E-state index is 11.0. The van der Waals surface area contributed by atoms with Crippen molar-refractivity contribution in [1.29, 1.82) is 0 Å². The molecule has 0 N–H and O–H groups in total. The highest BCUT2D eigenvalue weighted by Crippen LogP contribution is 2.30. The van der Waals surface area contributed by atoms with Gasteiger partial charge in [-0.15, -0.1) is 0 Å². The number of benzene rings is 3. The summed E-state index contributed by atoms with van der Waals surface area (Å²) in [6.07, 6.45) is 1.03. The molecule has 3 aromatic rings. The number of fused-ring (bicyclic) bond motifs is 3. The largest absolute Gasteiger partial charge is 0.379 e. The van der Waals surface area contributed by atoms with E-state index in [1.54, 1.807) is 18.2 Å². The molecule has 0 atom stereocenters. The minimum absolute atomic E-state index is 0.241. The molecule has 2 aliphatic heterocycles. The second kappa shape index (κ2) is 7.34. The van der Waals surface area contributed by atoms with Gasteiger partial charge >= 0.3 is 10.1 Å². The van der Waals surface area contributed by atoms with Gasteiger partial charge in [0.1, 0.15) is 10.6 Å². The maximum absolute atomic E-state index is 11.0. The number of hydrogen-bond donors (Lipinski definition) is 0. The molecule has 0 spiro atoms. The molecule has 3 nitrogen and oxygen atoms in total. The van der Waals surface area contributed by atoms with E-state index in [9.17, 15) is 8.42 Å². The lowest BCUT2D eigenvalue weighted by molar-refractivity contribution is 0.475. The maximum Gasteiger partial charge on any atom is 0.339 e. The summed E-state index contributed by atoms with van der Waals surface area (Å²) >= 11 is 0. The van der Waals surface area contributed by atoms with Crippen LogP contribution in [0.25, 0.3) is 0 Å². The lowest BCUT2D eigenvalue weighted by Crippen LogP contribution is -2.15. The van der Waals surface area contributed by atoms with Crippen molar-refractivity contribution in [3.05, 3.63) is 94.5 Å². The first-order valence-corrected chi connectivity index (χ1v) is 9.90. The van der Waals surface area contributed by atoms with Gasteiger partial charge in [0.25, 0.3) is 0 Å². The summed E-state index contributed by atoms with van der Waals surface area (Å²) in [5, 5.41) is 0. The van der Waals surface area contributed by atoms with Crippen molar-refractivity contribution in [2.75, 3.05) is 0 Å². The number of rotatable bonds is 2. The molecule has 0 saturated carbocycles. The van der Waals surface area contributed by atoms with Crippen molar-refractivity contribution >= 4 is 10.1 Å². The van der Waals surface area contributed by atoms with E-state index in [1.807, 2.05) is 6.92 Å². The molecule has 2 bridgehead atoms. The van der Waals surface area contributed by atoms with E-state index in [4.69, 9.17) is 0 Å². The van der Waals surface area contributed by atoms with E-state index < -0.39 is 10.1 Å². The van der Waals surface area contributed by atoms with Crippen LogP contribution < -0.4 is 4.18 Å². The molecule has 0 unspecified atom stereocenters.